The predicted molar refractivity (Wildman–Crippen MR) is 72.8 cm³/mol. The highest BCUT2D eigenvalue weighted by Gasteiger charge is 2.23. The van der Waals surface area contributed by atoms with Gasteiger partial charge in [-0.15, -0.1) is 0 Å². The standard InChI is InChI=1S/C14H20N2O3/c1-3-16(11-4-6-19-7-5-11)13-9-15-8-12(10(13)2)14(17)18/h8-9,11H,3-7H2,1-2H3,(H,17,18). The van der Waals surface area contributed by atoms with Gasteiger partial charge in [-0.05, 0) is 32.3 Å². The second-order valence-electron chi connectivity index (χ2n) is 4.77. The summed E-state index contributed by atoms with van der Waals surface area (Å²) in [6.45, 7) is 6.32. The van der Waals surface area contributed by atoms with E-state index in [0.29, 0.717) is 6.04 Å². The first-order chi connectivity index (χ1) is 9.15. The second kappa shape index (κ2) is 6.02. The Morgan fingerprint density at radius 1 is 1.47 bits per heavy atom. The van der Waals surface area contributed by atoms with E-state index in [-0.39, 0.29) is 5.56 Å². The number of ether oxygens (including phenoxy) is 1. The summed E-state index contributed by atoms with van der Waals surface area (Å²) in [7, 11) is 0. The van der Waals surface area contributed by atoms with Crippen LogP contribution in [0.2, 0.25) is 0 Å². The zero-order valence-electron chi connectivity index (χ0n) is 11.4. The normalized spacial score (nSPS) is 16.3. The molecule has 0 amide bonds. The fraction of sp³-hybridized carbons (Fsp3) is 0.571. The number of carboxylic acid groups (broad SMARTS) is 1. The van der Waals surface area contributed by atoms with E-state index in [0.717, 1.165) is 43.9 Å². The highest BCUT2D eigenvalue weighted by Crippen LogP contribution is 2.27. The number of carboxylic acids is 1. The van der Waals surface area contributed by atoms with Crippen molar-refractivity contribution in [1.82, 2.24) is 4.98 Å². The smallest absolute Gasteiger partial charge is 0.337 e. The lowest BCUT2D eigenvalue weighted by Gasteiger charge is -2.36. The van der Waals surface area contributed by atoms with Crippen LogP contribution < -0.4 is 4.90 Å². The van der Waals surface area contributed by atoms with E-state index in [1.807, 2.05) is 6.92 Å². The molecule has 1 aliphatic rings. The van der Waals surface area contributed by atoms with Crippen LogP contribution in [0.5, 0.6) is 0 Å². The minimum absolute atomic E-state index is 0.281. The summed E-state index contributed by atoms with van der Waals surface area (Å²) in [5.74, 6) is -0.921. The molecular weight excluding hydrogens is 244 g/mol. The Labute approximate surface area is 113 Å². The van der Waals surface area contributed by atoms with Crippen molar-refractivity contribution in [1.29, 1.82) is 0 Å². The number of hydrogen-bond acceptors (Lipinski definition) is 4. The van der Waals surface area contributed by atoms with Crippen LogP contribution in [0.3, 0.4) is 0 Å². The topological polar surface area (TPSA) is 62.7 Å². The Bertz CT molecular complexity index is 456. The summed E-state index contributed by atoms with van der Waals surface area (Å²) >= 11 is 0. The van der Waals surface area contributed by atoms with Gasteiger partial charge in [0.15, 0.2) is 0 Å². The fourth-order valence-corrected chi connectivity index (χ4v) is 2.64. The third kappa shape index (κ3) is 2.87. The molecular formula is C14H20N2O3. The molecule has 0 aliphatic carbocycles. The van der Waals surface area contributed by atoms with Crippen LogP contribution in [-0.2, 0) is 4.74 Å². The van der Waals surface area contributed by atoms with Gasteiger partial charge in [0.05, 0.1) is 17.4 Å². The lowest BCUT2D eigenvalue weighted by atomic mass is 10.0. The molecule has 0 spiro atoms. The Morgan fingerprint density at radius 2 is 2.16 bits per heavy atom. The summed E-state index contributed by atoms with van der Waals surface area (Å²) in [6, 6.07) is 0.406. The zero-order chi connectivity index (χ0) is 13.8. The second-order valence-corrected chi connectivity index (χ2v) is 4.77. The van der Waals surface area contributed by atoms with E-state index >= 15 is 0 Å². The number of pyridine rings is 1. The van der Waals surface area contributed by atoms with Gasteiger partial charge in [0.1, 0.15) is 0 Å². The Hall–Kier alpha value is -1.62. The van der Waals surface area contributed by atoms with Crippen molar-refractivity contribution in [2.24, 2.45) is 0 Å². The number of aromatic nitrogens is 1. The third-order valence-corrected chi connectivity index (χ3v) is 3.70. The molecule has 0 saturated carbocycles. The van der Waals surface area contributed by atoms with Crippen LogP contribution in [0.4, 0.5) is 5.69 Å². The van der Waals surface area contributed by atoms with Crippen molar-refractivity contribution >= 4 is 11.7 Å². The van der Waals surface area contributed by atoms with Crippen LogP contribution >= 0.6 is 0 Å². The first-order valence-corrected chi connectivity index (χ1v) is 6.67. The minimum Gasteiger partial charge on any atom is -0.478 e. The molecule has 1 aliphatic heterocycles. The third-order valence-electron chi connectivity index (χ3n) is 3.70. The number of nitrogens with zero attached hydrogens (tertiary/aromatic N) is 2. The molecule has 0 unspecified atom stereocenters. The molecule has 19 heavy (non-hydrogen) atoms. The molecule has 0 atom stereocenters. The monoisotopic (exact) mass is 264 g/mol. The van der Waals surface area contributed by atoms with E-state index in [9.17, 15) is 9.90 Å². The Balaban J connectivity index is 2.32. The zero-order valence-corrected chi connectivity index (χ0v) is 11.4. The van der Waals surface area contributed by atoms with Crippen molar-refractivity contribution < 1.29 is 14.6 Å². The van der Waals surface area contributed by atoms with Crippen LogP contribution in [0.1, 0.15) is 35.7 Å². The first-order valence-electron chi connectivity index (χ1n) is 6.67. The van der Waals surface area contributed by atoms with E-state index in [1.165, 1.54) is 6.20 Å². The van der Waals surface area contributed by atoms with Gasteiger partial charge in [-0.2, -0.15) is 0 Å². The molecule has 5 nitrogen and oxygen atoms in total. The molecule has 0 radical (unpaired) electrons. The van der Waals surface area contributed by atoms with Crippen molar-refractivity contribution in [3.8, 4) is 0 Å². The van der Waals surface area contributed by atoms with Gasteiger partial charge in [0.2, 0.25) is 0 Å². The van der Waals surface area contributed by atoms with Crippen molar-refractivity contribution in [2.45, 2.75) is 32.7 Å². The van der Waals surface area contributed by atoms with Crippen LogP contribution in [0, 0.1) is 6.92 Å². The summed E-state index contributed by atoms with van der Waals surface area (Å²) in [5.41, 5.74) is 1.99. The number of aromatic carboxylic acids is 1. The number of rotatable bonds is 4. The number of carbonyl (C=O) groups is 1. The molecule has 0 aromatic carbocycles. The van der Waals surface area contributed by atoms with Gasteiger partial charge in [0, 0.05) is 32.0 Å². The summed E-state index contributed by atoms with van der Waals surface area (Å²) in [4.78, 5) is 17.5. The lowest BCUT2D eigenvalue weighted by Crippen LogP contribution is -2.40. The molecule has 104 valence electrons. The molecule has 2 rings (SSSR count). The average Bonchev–Trinajstić information content (AvgIpc) is 2.42. The number of hydrogen-bond donors (Lipinski definition) is 1. The van der Waals surface area contributed by atoms with Crippen molar-refractivity contribution in [3.05, 3.63) is 23.5 Å². The van der Waals surface area contributed by atoms with Crippen LogP contribution in [0.25, 0.3) is 0 Å². The van der Waals surface area contributed by atoms with E-state index < -0.39 is 5.97 Å². The fourth-order valence-electron chi connectivity index (χ4n) is 2.64. The molecule has 1 saturated heterocycles. The number of anilines is 1. The maximum atomic E-state index is 11.2. The van der Waals surface area contributed by atoms with Gasteiger partial charge in [-0.3, -0.25) is 4.98 Å². The van der Waals surface area contributed by atoms with Gasteiger partial charge in [-0.1, -0.05) is 0 Å². The molecule has 1 aromatic rings. The summed E-state index contributed by atoms with van der Waals surface area (Å²) in [5, 5.41) is 9.18. The van der Waals surface area contributed by atoms with Crippen molar-refractivity contribution in [2.75, 3.05) is 24.7 Å². The quantitative estimate of drug-likeness (QED) is 0.902. The summed E-state index contributed by atoms with van der Waals surface area (Å²) in [6.07, 6.45) is 5.13. The molecule has 1 aromatic heterocycles. The summed E-state index contributed by atoms with van der Waals surface area (Å²) < 4.78 is 5.39. The molecule has 1 fully saturated rings. The maximum absolute atomic E-state index is 11.2. The maximum Gasteiger partial charge on any atom is 0.337 e. The Kier molecular flexibility index (Phi) is 4.37. The van der Waals surface area contributed by atoms with E-state index in [2.05, 4.69) is 16.8 Å². The molecule has 1 N–H and O–H groups in total. The van der Waals surface area contributed by atoms with E-state index in [4.69, 9.17) is 4.74 Å². The van der Waals surface area contributed by atoms with E-state index in [1.54, 1.807) is 6.20 Å². The van der Waals surface area contributed by atoms with Crippen LogP contribution in [-0.4, -0.2) is 41.9 Å². The first kappa shape index (κ1) is 13.8. The predicted octanol–water partition coefficient (Wildman–Crippen LogP) is 2.09. The van der Waals surface area contributed by atoms with Crippen LogP contribution in [0.15, 0.2) is 12.4 Å². The minimum atomic E-state index is -0.921. The van der Waals surface area contributed by atoms with Gasteiger partial charge in [0.25, 0.3) is 0 Å². The average molecular weight is 264 g/mol. The van der Waals surface area contributed by atoms with Gasteiger partial charge in [-0.25, -0.2) is 4.79 Å². The SMILES string of the molecule is CCN(c1cncc(C(=O)O)c1C)C1CCOCC1. The van der Waals surface area contributed by atoms with Gasteiger partial charge >= 0.3 is 5.97 Å². The molecule has 2 heterocycles. The highest BCUT2D eigenvalue weighted by molar-refractivity contribution is 5.90. The Morgan fingerprint density at radius 3 is 2.74 bits per heavy atom. The molecule has 0 bridgehead atoms. The highest BCUT2D eigenvalue weighted by atomic mass is 16.5. The largest absolute Gasteiger partial charge is 0.478 e. The van der Waals surface area contributed by atoms with Gasteiger partial charge < -0.3 is 14.7 Å². The lowest BCUT2D eigenvalue weighted by molar-refractivity contribution is 0.0695. The molecule has 5 heteroatoms. The van der Waals surface area contributed by atoms with Crippen molar-refractivity contribution in [3.63, 3.8) is 0 Å².